The summed E-state index contributed by atoms with van der Waals surface area (Å²) in [7, 11) is -0.500. The van der Waals surface area contributed by atoms with E-state index in [0.29, 0.717) is 24.7 Å². The first kappa shape index (κ1) is 43.4. The zero-order valence-corrected chi connectivity index (χ0v) is 34.2. The number of rotatable bonds is 26. The number of unbranched alkanes of at least 4 members (excludes halogenated alkanes) is 10. The fourth-order valence-corrected chi connectivity index (χ4v) is 9.51. The second-order valence-corrected chi connectivity index (χ2v) is 16.8. The molecule has 3 rings (SSSR count). The minimum absolute atomic E-state index is 0.0131. The number of hydrogen-bond donors (Lipinski definition) is 3. The first-order valence-corrected chi connectivity index (χ1v) is 22.3. The Labute approximate surface area is 316 Å². The second-order valence-electron chi connectivity index (χ2n) is 14.3. The molecule has 290 valence electrons. The van der Waals surface area contributed by atoms with E-state index in [0.717, 1.165) is 101 Å². The van der Waals surface area contributed by atoms with Gasteiger partial charge in [0.15, 0.2) is 0 Å². The van der Waals surface area contributed by atoms with Crippen LogP contribution in [0.15, 0.2) is 52.7 Å². The summed E-state index contributed by atoms with van der Waals surface area (Å²) in [6.45, 7) is 15.6. The number of carbonyl (C=O) groups is 1. The van der Waals surface area contributed by atoms with Gasteiger partial charge in [-0.05, 0) is 42.6 Å². The van der Waals surface area contributed by atoms with Crippen molar-refractivity contribution in [3.05, 3.63) is 58.3 Å². The zero-order valence-electron chi connectivity index (χ0n) is 33.3. The lowest BCUT2D eigenvalue weighted by atomic mass is 9.78. The summed E-state index contributed by atoms with van der Waals surface area (Å²) < 4.78 is 14.9. The topological polar surface area (TPSA) is 99.2 Å². The average Bonchev–Trinajstić information content (AvgIpc) is 3.12. The van der Waals surface area contributed by atoms with Crippen molar-refractivity contribution in [1.29, 1.82) is 0 Å². The Morgan fingerprint density at radius 2 is 1.17 bits per heavy atom. The normalized spacial score (nSPS) is 16.0. The van der Waals surface area contributed by atoms with Crippen molar-refractivity contribution >= 4 is 30.3 Å². The number of phenols is 1. The molecule has 0 radical (unpaired) electrons. The van der Waals surface area contributed by atoms with Gasteiger partial charge in [-0.3, -0.25) is 4.79 Å². The van der Waals surface area contributed by atoms with Gasteiger partial charge >= 0.3 is 0 Å². The van der Waals surface area contributed by atoms with Gasteiger partial charge in [0.25, 0.3) is 0 Å². The maximum Gasteiger partial charge on any atom is 0.207 e. The molecule has 0 saturated heterocycles. The monoisotopic (exact) mass is 738 g/mol. The van der Waals surface area contributed by atoms with Gasteiger partial charge in [0.2, 0.25) is 11.5 Å². The molecular weight excluding hydrogens is 669 g/mol. The summed E-state index contributed by atoms with van der Waals surface area (Å²) in [6, 6.07) is 3.76. The van der Waals surface area contributed by atoms with Gasteiger partial charge < -0.3 is 24.8 Å². The molecule has 2 aliphatic rings. The number of ketones is 1. The van der Waals surface area contributed by atoms with Crippen LogP contribution in [0.4, 0.5) is 0 Å². The number of Topliss-reactive ketones (excluding diaryl/α,β-unsaturated/α-hetero) is 1. The molecule has 2 aliphatic carbocycles. The van der Waals surface area contributed by atoms with E-state index in [1.54, 1.807) is 12.1 Å². The Morgan fingerprint density at radius 3 is 1.71 bits per heavy atom. The number of ether oxygens (including phenoxy) is 2. The first-order chi connectivity index (χ1) is 25.3. The number of hydrogen-bond acceptors (Lipinski definition) is 6. The van der Waals surface area contributed by atoms with E-state index < -0.39 is 13.7 Å². The Balaban J connectivity index is 2.07. The van der Waals surface area contributed by atoms with Crippen LogP contribution < -0.4 is 10.0 Å². The second kappa shape index (κ2) is 23.6. The van der Waals surface area contributed by atoms with Crippen LogP contribution >= 0.6 is 7.92 Å². The lowest BCUT2D eigenvalue weighted by molar-refractivity contribution is -0.526. The molecule has 0 spiro atoms. The van der Waals surface area contributed by atoms with Crippen molar-refractivity contribution in [3.63, 3.8) is 0 Å². The van der Waals surface area contributed by atoms with Crippen LogP contribution in [0, 0.1) is 0 Å². The van der Waals surface area contributed by atoms with Crippen molar-refractivity contribution in [1.82, 2.24) is 0 Å². The number of nitrogens with zero attached hydrogens (tertiary/aromatic N) is 1. The number of aromatic hydroxyl groups is 1. The highest BCUT2D eigenvalue weighted by molar-refractivity contribution is 7.65. The lowest BCUT2D eigenvalue weighted by Crippen LogP contribution is -2.28. The van der Waals surface area contributed by atoms with Gasteiger partial charge in [0, 0.05) is 12.8 Å². The van der Waals surface area contributed by atoms with Crippen molar-refractivity contribution in [2.24, 2.45) is 0 Å². The fourth-order valence-electron chi connectivity index (χ4n) is 7.08. The SMILES string of the molecule is CCCCCCCCOC1=CC(=[N+](CCC)CCC)C=C(O)C1=C1C(=O)C(c2c(O)cc(P(CCC)CCC)cc2OCCCCCCCC)=C1O. The highest BCUT2D eigenvalue weighted by atomic mass is 31.1. The lowest BCUT2D eigenvalue weighted by Gasteiger charge is -2.28. The third kappa shape index (κ3) is 12.0. The van der Waals surface area contributed by atoms with Gasteiger partial charge in [-0.2, -0.15) is 0 Å². The van der Waals surface area contributed by atoms with Gasteiger partial charge in [0.1, 0.15) is 41.9 Å². The molecule has 8 heteroatoms. The average molecular weight is 739 g/mol. The summed E-state index contributed by atoms with van der Waals surface area (Å²) in [5.41, 5.74) is 1.30. The molecule has 0 bridgehead atoms. The highest BCUT2D eigenvalue weighted by Crippen LogP contribution is 2.49. The molecule has 0 aromatic heterocycles. The number of allylic oxidation sites excluding steroid dienone is 4. The number of carbonyl (C=O) groups excluding carboxylic acids is 1. The van der Waals surface area contributed by atoms with Crippen LogP contribution in [-0.4, -0.2) is 70.0 Å². The van der Waals surface area contributed by atoms with Gasteiger partial charge in [-0.1, -0.05) is 127 Å². The van der Waals surface area contributed by atoms with Gasteiger partial charge in [0.05, 0.1) is 47.6 Å². The molecule has 0 heterocycles. The van der Waals surface area contributed by atoms with E-state index in [2.05, 4.69) is 46.1 Å². The van der Waals surface area contributed by atoms with Crippen LogP contribution in [0.25, 0.3) is 5.57 Å². The van der Waals surface area contributed by atoms with Crippen molar-refractivity contribution in [2.45, 2.75) is 144 Å². The molecule has 52 heavy (non-hydrogen) atoms. The van der Waals surface area contributed by atoms with Crippen LogP contribution in [-0.2, 0) is 9.53 Å². The summed E-state index contributed by atoms with van der Waals surface area (Å²) in [5.74, 6) is -0.0396. The molecule has 0 amide bonds. The Bertz CT molecular complexity index is 1450. The number of aliphatic hydroxyl groups excluding tert-OH is 2. The van der Waals surface area contributed by atoms with E-state index in [1.807, 2.05) is 12.1 Å². The molecule has 0 unspecified atom stereocenters. The van der Waals surface area contributed by atoms with E-state index in [-0.39, 0.29) is 39.6 Å². The largest absolute Gasteiger partial charge is 0.507 e. The van der Waals surface area contributed by atoms with Crippen LogP contribution in [0.2, 0.25) is 0 Å². The summed E-state index contributed by atoms with van der Waals surface area (Å²) in [5, 5.41) is 35.8. The van der Waals surface area contributed by atoms with Crippen LogP contribution in [0.1, 0.15) is 150 Å². The van der Waals surface area contributed by atoms with Crippen molar-refractivity contribution in [2.75, 3.05) is 38.6 Å². The highest BCUT2D eigenvalue weighted by Gasteiger charge is 2.43. The van der Waals surface area contributed by atoms with Crippen molar-refractivity contribution < 1.29 is 34.2 Å². The van der Waals surface area contributed by atoms with Gasteiger partial charge in [-0.15, -0.1) is 0 Å². The third-order valence-corrected chi connectivity index (χ3v) is 12.7. The first-order valence-electron chi connectivity index (χ1n) is 20.6. The summed E-state index contributed by atoms with van der Waals surface area (Å²) in [6.07, 6.45) is 23.0. The molecule has 0 saturated carbocycles. The predicted molar refractivity (Wildman–Crippen MR) is 219 cm³/mol. The maximum atomic E-state index is 14.2. The fraction of sp³-hybridized carbons (Fsp3) is 0.636. The molecule has 0 fully saturated rings. The molecular formula is C44H69NO6P+. The Kier molecular flexibility index (Phi) is 19.7. The molecule has 1 aromatic rings. The van der Waals surface area contributed by atoms with Crippen LogP contribution in [0.5, 0.6) is 11.5 Å². The predicted octanol–water partition coefficient (Wildman–Crippen LogP) is 11.2. The Hall–Kier alpha value is -3.05. The summed E-state index contributed by atoms with van der Waals surface area (Å²) in [4.78, 5) is 14.2. The minimum atomic E-state index is -0.500. The van der Waals surface area contributed by atoms with Gasteiger partial charge in [-0.25, -0.2) is 4.58 Å². The third-order valence-electron chi connectivity index (χ3n) is 9.78. The quantitative estimate of drug-likeness (QED) is 0.0379. The van der Waals surface area contributed by atoms with Crippen LogP contribution in [0.3, 0.4) is 0 Å². The molecule has 0 atom stereocenters. The zero-order chi connectivity index (χ0) is 37.9. The Morgan fingerprint density at radius 1 is 0.615 bits per heavy atom. The molecule has 7 nitrogen and oxygen atoms in total. The number of benzene rings is 1. The van der Waals surface area contributed by atoms with Crippen molar-refractivity contribution in [3.8, 4) is 11.5 Å². The summed E-state index contributed by atoms with van der Waals surface area (Å²) >= 11 is 0. The van der Waals surface area contributed by atoms with E-state index in [4.69, 9.17) is 9.47 Å². The molecule has 0 aliphatic heterocycles. The maximum absolute atomic E-state index is 14.2. The van der Waals surface area contributed by atoms with E-state index in [9.17, 15) is 20.1 Å². The molecule has 3 N–H and O–H groups in total. The minimum Gasteiger partial charge on any atom is -0.507 e. The standard InChI is InChI=1S/C44H68NO6P/c1-7-13-15-17-19-21-25-50-37-30-33(45(23-9-3)24-10-4)29-35(46)39(37)41-43(48)42(44(41)49)40-36(47)31-34(52(27-11-5)28-12-6)32-38(40)51-26-22-20-18-16-14-8-2/h29-32H,7-28H2,1-6H3,(H2,46,47,48,49)/p+1. The van der Waals surface area contributed by atoms with E-state index >= 15 is 0 Å². The smallest absolute Gasteiger partial charge is 0.207 e. The molecule has 1 aromatic carbocycles. The number of phenolic OH excluding ortho intramolecular Hbond substituents is 1. The van der Waals surface area contributed by atoms with E-state index in [1.165, 1.54) is 38.5 Å². The number of aliphatic hydroxyl groups is 2.